The molecule has 0 radical (unpaired) electrons. The number of aromatic nitrogens is 1. The number of hydrogen-bond acceptors (Lipinski definition) is 3. The molecule has 0 saturated carbocycles. The Labute approximate surface area is 91.5 Å². The van der Waals surface area contributed by atoms with Gasteiger partial charge < -0.3 is 4.74 Å². The van der Waals surface area contributed by atoms with E-state index in [2.05, 4.69) is 4.98 Å². The van der Waals surface area contributed by atoms with E-state index >= 15 is 0 Å². The minimum absolute atomic E-state index is 0.282. The summed E-state index contributed by atoms with van der Waals surface area (Å²) >= 11 is 0. The number of aldehydes is 1. The van der Waals surface area contributed by atoms with Gasteiger partial charge in [0.1, 0.15) is 17.9 Å². The van der Waals surface area contributed by atoms with Gasteiger partial charge in [-0.1, -0.05) is 12.1 Å². The molecule has 0 aliphatic heterocycles. The first-order valence-electron chi connectivity index (χ1n) is 4.62. The second-order valence-electron chi connectivity index (χ2n) is 3.11. The zero-order valence-corrected chi connectivity index (χ0v) is 8.26. The van der Waals surface area contributed by atoms with Crippen LogP contribution in [-0.2, 0) is 0 Å². The third-order valence-electron chi connectivity index (χ3n) is 1.92. The van der Waals surface area contributed by atoms with Crippen molar-refractivity contribution in [2.24, 2.45) is 0 Å². The predicted octanol–water partition coefficient (Wildman–Crippen LogP) is 2.83. The van der Waals surface area contributed by atoms with E-state index < -0.39 is 5.82 Å². The van der Waals surface area contributed by atoms with Crippen molar-refractivity contribution in [2.75, 3.05) is 0 Å². The van der Waals surface area contributed by atoms with Gasteiger partial charge in [-0.2, -0.15) is 0 Å². The average molecular weight is 217 g/mol. The molecule has 0 fully saturated rings. The summed E-state index contributed by atoms with van der Waals surface area (Å²) in [5.74, 6) is 0.349. The molecule has 2 aromatic rings. The molecule has 0 amide bonds. The molecular weight excluding hydrogens is 209 g/mol. The van der Waals surface area contributed by atoms with Crippen molar-refractivity contribution >= 4 is 6.29 Å². The van der Waals surface area contributed by atoms with E-state index in [9.17, 15) is 9.18 Å². The van der Waals surface area contributed by atoms with Gasteiger partial charge >= 0.3 is 0 Å². The summed E-state index contributed by atoms with van der Waals surface area (Å²) in [4.78, 5) is 14.3. The molecule has 0 unspecified atom stereocenters. The first-order chi connectivity index (χ1) is 7.78. The van der Waals surface area contributed by atoms with E-state index in [0.29, 0.717) is 11.3 Å². The summed E-state index contributed by atoms with van der Waals surface area (Å²) < 4.78 is 17.9. The molecule has 0 bridgehead atoms. The molecule has 0 saturated heterocycles. The summed E-state index contributed by atoms with van der Waals surface area (Å²) in [7, 11) is 0. The van der Waals surface area contributed by atoms with Crippen molar-refractivity contribution in [1.82, 2.24) is 4.98 Å². The number of nitrogens with zero attached hydrogens (tertiary/aromatic N) is 1. The van der Waals surface area contributed by atoms with Gasteiger partial charge in [0.2, 0.25) is 5.88 Å². The fraction of sp³-hybridized carbons (Fsp3) is 0. The van der Waals surface area contributed by atoms with E-state index in [4.69, 9.17) is 4.74 Å². The lowest BCUT2D eigenvalue weighted by Gasteiger charge is -2.04. The van der Waals surface area contributed by atoms with Crippen LogP contribution in [0, 0.1) is 5.82 Å². The van der Waals surface area contributed by atoms with Crippen LogP contribution in [0.5, 0.6) is 11.6 Å². The molecule has 1 aromatic carbocycles. The van der Waals surface area contributed by atoms with Crippen LogP contribution in [0.1, 0.15) is 10.4 Å². The monoisotopic (exact) mass is 217 g/mol. The minimum Gasteiger partial charge on any atom is -0.439 e. The van der Waals surface area contributed by atoms with Crippen LogP contribution in [0.4, 0.5) is 4.39 Å². The third-order valence-corrected chi connectivity index (χ3v) is 1.92. The molecule has 0 atom stereocenters. The SMILES string of the molecule is O=Cc1cccc(Oc2ccc(F)cn2)c1. The number of benzene rings is 1. The second kappa shape index (κ2) is 4.53. The highest BCUT2D eigenvalue weighted by molar-refractivity contribution is 5.75. The Kier molecular flexibility index (Phi) is 2.91. The van der Waals surface area contributed by atoms with E-state index in [-0.39, 0.29) is 5.88 Å². The number of pyridine rings is 1. The Morgan fingerprint density at radius 3 is 2.81 bits per heavy atom. The fourth-order valence-electron chi connectivity index (χ4n) is 1.19. The van der Waals surface area contributed by atoms with Gasteiger partial charge in [0, 0.05) is 11.6 Å². The minimum atomic E-state index is -0.422. The lowest BCUT2D eigenvalue weighted by atomic mass is 10.2. The molecule has 0 spiro atoms. The molecule has 80 valence electrons. The highest BCUT2D eigenvalue weighted by atomic mass is 19.1. The lowest BCUT2D eigenvalue weighted by molar-refractivity contribution is 0.112. The first kappa shape index (κ1) is 10.3. The Morgan fingerprint density at radius 1 is 1.25 bits per heavy atom. The van der Waals surface area contributed by atoms with Crippen molar-refractivity contribution in [3.63, 3.8) is 0 Å². The average Bonchev–Trinajstić information content (AvgIpc) is 2.32. The fourth-order valence-corrected chi connectivity index (χ4v) is 1.19. The van der Waals surface area contributed by atoms with E-state index in [1.807, 2.05) is 0 Å². The second-order valence-corrected chi connectivity index (χ2v) is 3.11. The zero-order valence-electron chi connectivity index (χ0n) is 8.26. The molecule has 0 N–H and O–H groups in total. The van der Waals surface area contributed by atoms with Crippen LogP contribution >= 0.6 is 0 Å². The Morgan fingerprint density at radius 2 is 2.12 bits per heavy atom. The third kappa shape index (κ3) is 2.42. The van der Waals surface area contributed by atoms with Gasteiger partial charge in [-0.25, -0.2) is 9.37 Å². The van der Waals surface area contributed by atoms with Gasteiger partial charge in [0.05, 0.1) is 6.20 Å². The molecule has 0 aliphatic carbocycles. The van der Waals surface area contributed by atoms with Gasteiger partial charge in [-0.05, 0) is 18.2 Å². The van der Waals surface area contributed by atoms with E-state index in [0.717, 1.165) is 12.5 Å². The maximum absolute atomic E-state index is 12.6. The largest absolute Gasteiger partial charge is 0.439 e. The number of carbonyl (C=O) groups is 1. The smallest absolute Gasteiger partial charge is 0.219 e. The quantitative estimate of drug-likeness (QED) is 0.742. The Balaban J connectivity index is 2.20. The molecule has 1 aromatic heterocycles. The normalized spacial score (nSPS) is 9.81. The molecular formula is C12H8FNO2. The van der Waals surface area contributed by atoms with Gasteiger partial charge in [-0.3, -0.25) is 4.79 Å². The van der Waals surface area contributed by atoms with Crippen molar-refractivity contribution in [3.05, 3.63) is 54.0 Å². The summed E-state index contributed by atoms with van der Waals surface area (Å²) in [6, 6.07) is 9.31. The molecule has 0 aliphatic rings. The van der Waals surface area contributed by atoms with E-state index in [1.54, 1.807) is 24.3 Å². The van der Waals surface area contributed by atoms with Crippen molar-refractivity contribution in [2.45, 2.75) is 0 Å². The van der Waals surface area contributed by atoms with Crippen molar-refractivity contribution in [3.8, 4) is 11.6 Å². The van der Waals surface area contributed by atoms with Crippen LogP contribution in [0.25, 0.3) is 0 Å². The maximum Gasteiger partial charge on any atom is 0.219 e. The number of hydrogen-bond donors (Lipinski definition) is 0. The summed E-state index contributed by atoms with van der Waals surface area (Å²) in [5.41, 5.74) is 0.514. The Bertz CT molecular complexity index is 497. The number of halogens is 1. The predicted molar refractivity (Wildman–Crippen MR) is 56.1 cm³/mol. The Hall–Kier alpha value is -2.23. The van der Waals surface area contributed by atoms with Crippen molar-refractivity contribution < 1.29 is 13.9 Å². The van der Waals surface area contributed by atoms with Crippen LogP contribution in [0.2, 0.25) is 0 Å². The number of carbonyl (C=O) groups excluding carboxylic acids is 1. The zero-order chi connectivity index (χ0) is 11.4. The summed E-state index contributed by atoms with van der Waals surface area (Å²) in [5, 5.41) is 0. The standard InChI is InChI=1S/C12H8FNO2/c13-10-4-5-12(14-7-10)16-11-3-1-2-9(6-11)8-15/h1-8H. The van der Waals surface area contributed by atoms with E-state index in [1.165, 1.54) is 12.1 Å². The molecule has 3 nitrogen and oxygen atoms in total. The van der Waals surface area contributed by atoms with Crippen LogP contribution < -0.4 is 4.74 Å². The van der Waals surface area contributed by atoms with Crippen LogP contribution in [-0.4, -0.2) is 11.3 Å². The topological polar surface area (TPSA) is 39.2 Å². The molecule has 2 rings (SSSR count). The first-order valence-corrected chi connectivity index (χ1v) is 4.62. The number of ether oxygens (including phenoxy) is 1. The molecule has 16 heavy (non-hydrogen) atoms. The summed E-state index contributed by atoms with van der Waals surface area (Å²) in [6.07, 6.45) is 1.80. The summed E-state index contributed by atoms with van der Waals surface area (Å²) in [6.45, 7) is 0. The van der Waals surface area contributed by atoms with Gasteiger partial charge in [-0.15, -0.1) is 0 Å². The van der Waals surface area contributed by atoms with Gasteiger partial charge in [0.25, 0.3) is 0 Å². The molecule has 4 heteroatoms. The highest BCUT2D eigenvalue weighted by Gasteiger charge is 1.99. The molecule has 1 heterocycles. The van der Waals surface area contributed by atoms with Gasteiger partial charge in [0.15, 0.2) is 0 Å². The van der Waals surface area contributed by atoms with Crippen LogP contribution in [0.15, 0.2) is 42.6 Å². The van der Waals surface area contributed by atoms with Crippen LogP contribution in [0.3, 0.4) is 0 Å². The lowest BCUT2D eigenvalue weighted by Crippen LogP contribution is -1.89. The van der Waals surface area contributed by atoms with Crippen molar-refractivity contribution in [1.29, 1.82) is 0 Å². The highest BCUT2D eigenvalue weighted by Crippen LogP contribution is 2.19. The maximum atomic E-state index is 12.6. The number of rotatable bonds is 3.